The Kier molecular flexibility index (Phi) is 5.43. The lowest BCUT2D eigenvalue weighted by molar-refractivity contribution is -0.115. The fourth-order valence-corrected chi connectivity index (χ4v) is 4.11. The molecule has 0 spiro atoms. The number of ketones is 1. The Balaban J connectivity index is 1.76. The summed E-state index contributed by atoms with van der Waals surface area (Å²) in [7, 11) is 0. The summed E-state index contributed by atoms with van der Waals surface area (Å²) in [4.78, 5) is 27.6. The number of fused-ring (bicyclic) bond motifs is 1. The lowest BCUT2D eigenvalue weighted by Gasteiger charge is -2.24. The second-order valence-corrected chi connectivity index (χ2v) is 7.74. The van der Waals surface area contributed by atoms with Crippen LogP contribution in [0.2, 0.25) is 0 Å². The molecule has 1 aliphatic rings. The second kappa shape index (κ2) is 7.74. The number of para-hydroxylation sites is 2. The van der Waals surface area contributed by atoms with Crippen LogP contribution >= 0.6 is 11.8 Å². The summed E-state index contributed by atoms with van der Waals surface area (Å²) >= 11 is 1.86. The molecule has 0 radical (unpaired) electrons. The van der Waals surface area contributed by atoms with Gasteiger partial charge in [-0.15, -0.1) is 11.8 Å². The van der Waals surface area contributed by atoms with E-state index in [0.717, 1.165) is 18.7 Å². The number of rotatable bonds is 4. The molecule has 3 rings (SSSR count). The molecule has 0 aliphatic carbocycles. The number of benzene rings is 2. The SMILES string of the molecule is CC(=O)c1ccccc1NC(=O)CN1CCC(C)Sc2ccccc21. The Labute approximate surface area is 152 Å². The van der Waals surface area contributed by atoms with E-state index < -0.39 is 0 Å². The molecule has 2 aromatic carbocycles. The highest BCUT2D eigenvalue weighted by Gasteiger charge is 2.21. The van der Waals surface area contributed by atoms with Crippen molar-refractivity contribution in [1.29, 1.82) is 0 Å². The average Bonchev–Trinajstić information content (AvgIpc) is 2.74. The van der Waals surface area contributed by atoms with Crippen molar-refractivity contribution in [2.24, 2.45) is 0 Å². The maximum atomic E-state index is 12.6. The average molecular weight is 354 g/mol. The molecule has 2 aromatic rings. The van der Waals surface area contributed by atoms with Crippen molar-refractivity contribution in [1.82, 2.24) is 0 Å². The van der Waals surface area contributed by atoms with Gasteiger partial charge in [-0.25, -0.2) is 0 Å². The monoisotopic (exact) mass is 354 g/mol. The zero-order chi connectivity index (χ0) is 17.8. The predicted octanol–water partition coefficient (Wildman–Crippen LogP) is 4.22. The van der Waals surface area contributed by atoms with Crippen LogP contribution in [-0.2, 0) is 4.79 Å². The molecule has 0 bridgehead atoms. The summed E-state index contributed by atoms with van der Waals surface area (Å²) in [6.07, 6.45) is 1.02. The first-order valence-electron chi connectivity index (χ1n) is 8.45. The minimum absolute atomic E-state index is 0.0544. The molecular formula is C20H22N2O2S. The fraction of sp³-hybridized carbons (Fsp3) is 0.300. The minimum atomic E-state index is -0.108. The van der Waals surface area contributed by atoms with Crippen LogP contribution in [0.5, 0.6) is 0 Å². The Morgan fingerprint density at radius 1 is 1.16 bits per heavy atom. The molecule has 0 fully saturated rings. The Bertz CT molecular complexity index is 791. The molecule has 0 saturated carbocycles. The normalized spacial score (nSPS) is 16.7. The lowest BCUT2D eigenvalue weighted by Crippen LogP contribution is -2.34. The number of carbonyl (C=O) groups is 2. The van der Waals surface area contributed by atoms with Crippen molar-refractivity contribution in [3.05, 3.63) is 54.1 Å². The Hall–Kier alpha value is -2.27. The second-order valence-electron chi connectivity index (χ2n) is 6.26. The number of nitrogens with zero attached hydrogens (tertiary/aromatic N) is 1. The third-order valence-electron chi connectivity index (χ3n) is 4.25. The summed E-state index contributed by atoms with van der Waals surface area (Å²) in [5.41, 5.74) is 2.22. The Morgan fingerprint density at radius 2 is 1.88 bits per heavy atom. The largest absolute Gasteiger partial charge is 0.361 e. The van der Waals surface area contributed by atoms with Crippen LogP contribution in [-0.4, -0.2) is 30.0 Å². The molecule has 25 heavy (non-hydrogen) atoms. The maximum absolute atomic E-state index is 12.6. The van der Waals surface area contributed by atoms with Crippen molar-refractivity contribution < 1.29 is 9.59 Å². The van der Waals surface area contributed by atoms with Gasteiger partial charge in [0.25, 0.3) is 0 Å². The van der Waals surface area contributed by atoms with Crippen LogP contribution in [0.15, 0.2) is 53.4 Å². The summed E-state index contributed by atoms with van der Waals surface area (Å²) in [5, 5.41) is 3.41. The maximum Gasteiger partial charge on any atom is 0.243 e. The highest BCUT2D eigenvalue weighted by molar-refractivity contribution is 8.00. The van der Waals surface area contributed by atoms with Gasteiger partial charge in [0.15, 0.2) is 5.78 Å². The van der Waals surface area contributed by atoms with Crippen molar-refractivity contribution in [3.63, 3.8) is 0 Å². The summed E-state index contributed by atoms with van der Waals surface area (Å²) in [6.45, 7) is 4.84. The van der Waals surface area contributed by atoms with E-state index in [-0.39, 0.29) is 18.2 Å². The minimum Gasteiger partial charge on any atom is -0.361 e. The number of amides is 1. The molecule has 1 N–H and O–H groups in total. The summed E-state index contributed by atoms with van der Waals surface area (Å²) in [6, 6.07) is 15.3. The lowest BCUT2D eigenvalue weighted by atomic mass is 10.1. The van der Waals surface area contributed by atoms with E-state index >= 15 is 0 Å². The molecule has 5 heteroatoms. The number of nitrogens with one attached hydrogen (secondary N) is 1. The number of carbonyl (C=O) groups excluding carboxylic acids is 2. The van der Waals surface area contributed by atoms with Gasteiger partial charge >= 0.3 is 0 Å². The number of Topliss-reactive ketones (excluding diaryl/α,β-unsaturated/α-hetero) is 1. The van der Waals surface area contributed by atoms with Crippen molar-refractivity contribution >= 4 is 34.8 Å². The summed E-state index contributed by atoms with van der Waals surface area (Å²) in [5.74, 6) is -0.163. The van der Waals surface area contributed by atoms with E-state index in [2.05, 4.69) is 29.3 Å². The molecule has 1 heterocycles. The first kappa shape index (κ1) is 17.5. The van der Waals surface area contributed by atoms with Crippen LogP contribution in [0.3, 0.4) is 0 Å². The van der Waals surface area contributed by atoms with Gasteiger partial charge in [-0.1, -0.05) is 31.2 Å². The first-order valence-corrected chi connectivity index (χ1v) is 9.33. The first-order chi connectivity index (χ1) is 12.0. The van der Waals surface area contributed by atoms with Crippen LogP contribution in [0.4, 0.5) is 11.4 Å². The smallest absolute Gasteiger partial charge is 0.243 e. The quantitative estimate of drug-likeness (QED) is 0.835. The molecular weight excluding hydrogens is 332 g/mol. The number of thioether (sulfide) groups is 1. The van der Waals surface area contributed by atoms with Gasteiger partial charge in [0.05, 0.1) is 17.9 Å². The van der Waals surface area contributed by atoms with Crippen LogP contribution in [0.1, 0.15) is 30.6 Å². The van der Waals surface area contributed by atoms with Gasteiger partial charge in [-0.05, 0) is 37.6 Å². The fourth-order valence-electron chi connectivity index (χ4n) is 2.98. The van der Waals surface area contributed by atoms with E-state index in [4.69, 9.17) is 0 Å². The molecule has 130 valence electrons. The molecule has 4 nitrogen and oxygen atoms in total. The van der Waals surface area contributed by atoms with E-state index in [1.165, 1.54) is 11.8 Å². The van der Waals surface area contributed by atoms with Crippen LogP contribution in [0.25, 0.3) is 0 Å². The molecule has 1 amide bonds. The van der Waals surface area contributed by atoms with Gasteiger partial charge in [0.2, 0.25) is 5.91 Å². The van der Waals surface area contributed by atoms with E-state index in [1.54, 1.807) is 18.2 Å². The standard InChI is InChI=1S/C20H22N2O2S/c1-14-11-12-22(18-9-5-6-10-19(18)25-14)13-20(24)21-17-8-4-3-7-16(17)15(2)23/h3-10,14H,11-13H2,1-2H3,(H,21,24). The summed E-state index contributed by atoms with van der Waals surface area (Å²) < 4.78 is 0. The van der Waals surface area contributed by atoms with E-state index in [9.17, 15) is 9.59 Å². The predicted molar refractivity (Wildman–Crippen MR) is 104 cm³/mol. The topological polar surface area (TPSA) is 49.4 Å². The van der Waals surface area contributed by atoms with Crippen molar-refractivity contribution in [3.8, 4) is 0 Å². The number of hydrogen-bond donors (Lipinski definition) is 1. The van der Waals surface area contributed by atoms with Crippen molar-refractivity contribution in [2.75, 3.05) is 23.3 Å². The molecule has 1 unspecified atom stereocenters. The zero-order valence-corrected chi connectivity index (χ0v) is 15.3. The molecule has 1 aliphatic heterocycles. The third kappa shape index (κ3) is 4.23. The number of anilines is 2. The molecule has 0 saturated heterocycles. The van der Waals surface area contributed by atoms with E-state index in [0.29, 0.717) is 16.5 Å². The van der Waals surface area contributed by atoms with Crippen LogP contribution in [0, 0.1) is 0 Å². The highest BCUT2D eigenvalue weighted by atomic mass is 32.2. The van der Waals surface area contributed by atoms with Gasteiger partial charge in [0, 0.05) is 22.3 Å². The number of hydrogen-bond acceptors (Lipinski definition) is 4. The van der Waals surface area contributed by atoms with Gasteiger partial charge in [0.1, 0.15) is 0 Å². The van der Waals surface area contributed by atoms with Crippen molar-refractivity contribution in [2.45, 2.75) is 30.4 Å². The molecule has 1 atom stereocenters. The van der Waals surface area contributed by atoms with E-state index in [1.807, 2.05) is 30.0 Å². The zero-order valence-electron chi connectivity index (χ0n) is 14.5. The highest BCUT2D eigenvalue weighted by Crippen LogP contribution is 2.37. The van der Waals surface area contributed by atoms with Gasteiger partial charge in [-0.3, -0.25) is 9.59 Å². The molecule has 0 aromatic heterocycles. The van der Waals surface area contributed by atoms with Crippen LogP contribution < -0.4 is 10.2 Å². The van der Waals surface area contributed by atoms with Gasteiger partial charge in [-0.2, -0.15) is 0 Å². The van der Waals surface area contributed by atoms with Gasteiger partial charge < -0.3 is 10.2 Å². The third-order valence-corrected chi connectivity index (χ3v) is 5.49. The Morgan fingerprint density at radius 3 is 2.68 bits per heavy atom.